The number of hydrogen-bond donors (Lipinski definition) is 2. The lowest BCUT2D eigenvalue weighted by Crippen LogP contribution is -2.46. The van der Waals surface area contributed by atoms with E-state index >= 15 is 0 Å². The summed E-state index contributed by atoms with van der Waals surface area (Å²) in [5.74, 6) is 0. The van der Waals surface area contributed by atoms with E-state index in [-0.39, 0.29) is 12.1 Å². The fraction of sp³-hybridized carbons (Fsp3) is 0.538. The normalized spacial score (nSPS) is 14.6. The lowest BCUT2D eigenvalue weighted by molar-refractivity contribution is 0.0969. The van der Waals surface area contributed by atoms with Gasteiger partial charge in [-0.3, -0.25) is 0 Å². The van der Waals surface area contributed by atoms with Crippen LogP contribution in [0.1, 0.15) is 18.9 Å². The molecule has 1 atom stereocenters. The first-order chi connectivity index (χ1) is 8.09. The fourth-order valence-electron chi connectivity index (χ4n) is 1.69. The molecule has 2 N–H and O–H groups in total. The molecule has 1 aromatic carbocycles. The van der Waals surface area contributed by atoms with E-state index < -0.39 is 0 Å². The predicted molar refractivity (Wildman–Crippen MR) is 73.0 cm³/mol. The molecule has 0 bridgehead atoms. The number of aliphatic hydroxyl groups excluding tert-OH is 1. The van der Waals surface area contributed by atoms with Gasteiger partial charge in [-0.25, -0.2) is 0 Å². The highest BCUT2D eigenvalue weighted by molar-refractivity contribution is 9.10. The highest BCUT2D eigenvalue weighted by atomic mass is 79.9. The average Bonchev–Trinajstić information content (AvgIpc) is 2.29. The quantitative estimate of drug-likeness (QED) is 0.812. The molecule has 0 aromatic heterocycles. The van der Waals surface area contributed by atoms with E-state index in [1.807, 2.05) is 12.1 Å². The molecule has 0 saturated heterocycles. The Kier molecular flexibility index (Phi) is 6.12. The molecule has 0 fully saturated rings. The topological polar surface area (TPSA) is 41.5 Å². The van der Waals surface area contributed by atoms with Gasteiger partial charge in [-0.2, -0.15) is 0 Å². The van der Waals surface area contributed by atoms with Crippen LogP contribution in [0.4, 0.5) is 0 Å². The van der Waals surface area contributed by atoms with Crippen molar-refractivity contribution in [3.8, 4) is 0 Å². The number of ether oxygens (including phenoxy) is 1. The molecule has 17 heavy (non-hydrogen) atoms. The van der Waals surface area contributed by atoms with Crippen LogP contribution < -0.4 is 5.32 Å². The Labute approximate surface area is 111 Å². The van der Waals surface area contributed by atoms with Gasteiger partial charge < -0.3 is 15.2 Å². The summed E-state index contributed by atoms with van der Waals surface area (Å²) in [6, 6.07) is 8.19. The van der Waals surface area contributed by atoms with Crippen molar-refractivity contribution < 1.29 is 9.84 Å². The first-order valence-electron chi connectivity index (χ1n) is 5.69. The zero-order valence-electron chi connectivity index (χ0n) is 10.4. The second-order valence-corrected chi connectivity index (χ2v) is 5.36. The highest BCUT2D eigenvalue weighted by Gasteiger charge is 2.22. The van der Waals surface area contributed by atoms with Gasteiger partial charge >= 0.3 is 0 Å². The van der Waals surface area contributed by atoms with E-state index in [2.05, 4.69) is 40.3 Å². The van der Waals surface area contributed by atoms with Crippen molar-refractivity contribution >= 4 is 15.9 Å². The molecule has 96 valence electrons. The maximum Gasteiger partial charge on any atom is 0.0642 e. The van der Waals surface area contributed by atoms with E-state index in [0.29, 0.717) is 13.0 Å². The molecule has 0 saturated carbocycles. The van der Waals surface area contributed by atoms with Crippen molar-refractivity contribution in [1.29, 1.82) is 0 Å². The summed E-state index contributed by atoms with van der Waals surface area (Å²) in [5, 5.41) is 12.5. The Bertz CT molecular complexity index is 321. The molecule has 0 heterocycles. The summed E-state index contributed by atoms with van der Waals surface area (Å²) in [7, 11) is 1.68. The second kappa shape index (κ2) is 7.11. The smallest absolute Gasteiger partial charge is 0.0642 e. The molecule has 0 aliphatic carbocycles. The van der Waals surface area contributed by atoms with Crippen molar-refractivity contribution in [3.63, 3.8) is 0 Å². The van der Waals surface area contributed by atoms with Crippen molar-refractivity contribution in [2.24, 2.45) is 0 Å². The molecule has 1 rings (SSSR count). The number of aliphatic hydroxyl groups is 1. The van der Waals surface area contributed by atoms with Crippen LogP contribution in [-0.4, -0.2) is 31.0 Å². The highest BCUT2D eigenvalue weighted by Crippen LogP contribution is 2.13. The van der Waals surface area contributed by atoms with Gasteiger partial charge in [0, 0.05) is 30.3 Å². The molecule has 1 unspecified atom stereocenters. The van der Waals surface area contributed by atoms with Crippen LogP contribution in [0.15, 0.2) is 28.7 Å². The van der Waals surface area contributed by atoms with Gasteiger partial charge in [0.1, 0.15) is 0 Å². The van der Waals surface area contributed by atoms with Crippen LogP contribution in [-0.2, 0) is 11.3 Å². The number of halogens is 1. The minimum Gasteiger partial charge on any atom is -0.396 e. The Morgan fingerprint density at radius 2 is 2.00 bits per heavy atom. The lowest BCUT2D eigenvalue weighted by Gasteiger charge is -2.29. The molecule has 0 spiro atoms. The zero-order valence-corrected chi connectivity index (χ0v) is 12.0. The average molecular weight is 302 g/mol. The maximum atomic E-state index is 9.06. The first-order valence-corrected chi connectivity index (χ1v) is 6.48. The first kappa shape index (κ1) is 14.6. The van der Waals surface area contributed by atoms with Crippen LogP contribution >= 0.6 is 15.9 Å². The number of methoxy groups -OCH3 is 1. The summed E-state index contributed by atoms with van der Waals surface area (Å²) < 4.78 is 6.27. The molecule has 0 amide bonds. The summed E-state index contributed by atoms with van der Waals surface area (Å²) in [6.45, 7) is 3.58. The molecule has 0 radical (unpaired) electrons. The van der Waals surface area contributed by atoms with Crippen molar-refractivity contribution in [1.82, 2.24) is 5.32 Å². The number of nitrogens with one attached hydrogen (secondary N) is 1. The van der Waals surface area contributed by atoms with E-state index in [0.717, 1.165) is 11.0 Å². The van der Waals surface area contributed by atoms with Gasteiger partial charge in [-0.15, -0.1) is 0 Å². The molecular weight excluding hydrogens is 282 g/mol. The van der Waals surface area contributed by atoms with Gasteiger partial charge in [0.05, 0.1) is 6.61 Å². The lowest BCUT2D eigenvalue weighted by atomic mass is 9.99. The number of rotatable bonds is 7. The SMILES string of the molecule is COCC(C)(CCO)NCc1ccc(Br)cc1. The maximum absolute atomic E-state index is 9.06. The van der Waals surface area contributed by atoms with Gasteiger partial charge in [-0.05, 0) is 31.0 Å². The van der Waals surface area contributed by atoms with E-state index in [4.69, 9.17) is 9.84 Å². The summed E-state index contributed by atoms with van der Waals surface area (Å²) in [5.41, 5.74) is 1.03. The molecule has 0 aliphatic heterocycles. The van der Waals surface area contributed by atoms with Gasteiger partial charge in [-0.1, -0.05) is 28.1 Å². The second-order valence-electron chi connectivity index (χ2n) is 4.45. The molecule has 3 nitrogen and oxygen atoms in total. The standard InChI is InChI=1S/C13H20BrNO2/c1-13(7-8-16,10-17-2)15-9-11-3-5-12(14)6-4-11/h3-6,15-16H,7-10H2,1-2H3. The molecule has 0 aliphatic rings. The third-order valence-electron chi connectivity index (χ3n) is 2.76. The van der Waals surface area contributed by atoms with Crippen LogP contribution in [0.3, 0.4) is 0 Å². The van der Waals surface area contributed by atoms with E-state index in [9.17, 15) is 0 Å². The third-order valence-corrected chi connectivity index (χ3v) is 3.29. The summed E-state index contributed by atoms with van der Waals surface area (Å²) in [6.07, 6.45) is 0.678. The largest absolute Gasteiger partial charge is 0.396 e. The molecular formula is C13H20BrNO2. The monoisotopic (exact) mass is 301 g/mol. The van der Waals surface area contributed by atoms with Gasteiger partial charge in [0.15, 0.2) is 0 Å². The number of hydrogen-bond acceptors (Lipinski definition) is 3. The zero-order chi connectivity index (χ0) is 12.7. The summed E-state index contributed by atoms with van der Waals surface area (Å²) >= 11 is 3.41. The van der Waals surface area contributed by atoms with Crippen LogP contribution in [0.5, 0.6) is 0 Å². The van der Waals surface area contributed by atoms with Crippen LogP contribution in [0.25, 0.3) is 0 Å². The van der Waals surface area contributed by atoms with Crippen molar-refractivity contribution in [3.05, 3.63) is 34.3 Å². The minimum atomic E-state index is -0.184. The number of benzene rings is 1. The van der Waals surface area contributed by atoms with Crippen LogP contribution in [0, 0.1) is 0 Å². The van der Waals surface area contributed by atoms with Gasteiger partial charge in [0.2, 0.25) is 0 Å². The fourth-order valence-corrected chi connectivity index (χ4v) is 1.96. The predicted octanol–water partition coefficient (Wildman–Crippen LogP) is 2.33. The van der Waals surface area contributed by atoms with E-state index in [1.54, 1.807) is 7.11 Å². The van der Waals surface area contributed by atoms with Crippen molar-refractivity contribution in [2.45, 2.75) is 25.4 Å². The Balaban J connectivity index is 2.54. The van der Waals surface area contributed by atoms with Crippen LogP contribution in [0.2, 0.25) is 0 Å². The Morgan fingerprint density at radius 3 is 2.53 bits per heavy atom. The third kappa shape index (κ3) is 5.17. The molecule has 1 aromatic rings. The Hall–Kier alpha value is -0.420. The minimum absolute atomic E-state index is 0.160. The molecule has 4 heteroatoms. The summed E-state index contributed by atoms with van der Waals surface area (Å²) in [4.78, 5) is 0. The van der Waals surface area contributed by atoms with E-state index in [1.165, 1.54) is 5.56 Å². The Morgan fingerprint density at radius 1 is 1.35 bits per heavy atom. The van der Waals surface area contributed by atoms with Gasteiger partial charge in [0.25, 0.3) is 0 Å². The van der Waals surface area contributed by atoms with Crippen molar-refractivity contribution in [2.75, 3.05) is 20.3 Å².